The van der Waals surface area contributed by atoms with Gasteiger partial charge >= 0.3 is 12.0 Å². The largest absolute Gasteiger partial charge is 0.481 e. The minimum absolute atomic E-state index is 0.0460. The van der Waals surface area contributed by atoms with E-state index in [0.29, 0.717) is 19.6 Å². The lowest BCUT2D eigenvalue weighted by Gasteiger charge is -2.41. The summed E-state index contributed by atoms with van der Waals surface area (Å²) in [5.74, 6) is -0.705. The molecule has 19 heavy (non-hydrogen) atoms. The highest BCUT2D eigenvalue weighted by molar-refractivity contribution is 5.92. The molecule has 1 saturated heterocycles. The molecule has 1 aromatic rings. The standard InChI is InChI=1S/C14H18N2O3/c1-2-16(12-6-4-3-5-7-12)14(19)15-9-11(10-15)8-13(17)18/h3-7,11H,2,8-10H2,1H3,(H,17,18). The van der Waals surface area contributed by atoms with Crippen molar-refractivity contribution in [1.82, 2.24) is 4.90 Å². The van der Waals surface area contributed by atoms with Crippen LogP contribution in [0.1, 0.15) is 13.3 Å². The quantitative estimate of drug-likeness (QED) is 0.903. The number of aliphatic carboxylic acids is 1. The molecule has 2 rings (SSSR count). The molecule has 1 fully saturated rings. The van der Waals surface area contributed by atoms with Crippen molar-refractivity contribution < 1.29 is 14.7 Å². The Morgan fingerprint density at radius 2 is 1.95 bits per heavy atom. The number of likely N-dealkylation sites (tertiary alicyclic amines) is 1. The minimum Gasteiger partial charge on any atom is -0.481 e. The van der Waals surface area contributed by atoms with Crippen molar-refractivity contribution in [1.29, 1.82) is 0 Å². The van der Waals surface area contributed by atoms with E-state index in [-0.39, 0.29) is 18.4 Å². The van der Waals surface area contributed by atoms with Crippen LogP contribution in [0.4, 0.5) is 10.5 Å². The molecule has 0 aromatic heterocycles. The Morgan fingerprint density at radius 1 is 1.32 bits per heavy atom. The van der Waals surface area contributed by atoms with E-state index in [1.165, 1.54) is 0 Å². The number of carboxylic acid groups (broad SMARTS) is 1. The zero-order valence-electron chi connectivity index (χ0n) is 11.0. The van der Waals surface area contributed by atoms with Crippen LogP contribution in [0.25, 0.3) is 0 Å². The summed E-state index contributed by atoms with van der Waals surface area (Å²) < 4.78 is 0. The van der Waals surface area contributed by atoms with Crippen molar-refractivity contribution in [3.8, 4) is 0 Å². The van der Waals surface area contributed by atoms with Crippen LogP contribution in [0.2, 0.25) is 0 Å². The molecule has 0 aliphatic carbocycles. The summed E-state index contributed by atoms with van der Waals surface area (Å²) in [6.45, 7) is 3.60. The van der Waals surface area contributed by atoms with Crippen molar-refractivity contribution in [3.05, 3.63) is 30.3 Å². The van der Waals surface area contributed by atoms with Gasteiger partial charge in [-0.05, 0) is 19.1 Å². The monoisotopic (exact) mass is 262 g/mol. The minimum atomic E-state index is -0.799. The maximum Gasteiger partial charge on any atom is 0.324 e. The van der Waals surface area contributed by atoms with Crippen LogP contribution in [0, 0.1) is 5.92 Å². The molecule has 0 atom stereocenters. The van der Waals surface area contributed by atoms with Gasteiger partial charge in [0, 0.05) is 31.2 Å². The third-order valence-corrected chi connectivity index (χ3v) is 3.31. The Kier molecular flexibility index (Phi) is 4.04. The van der Waals surface area contributed by atoms with Crippen molar-refractivity contribution in [2.24, 2.45) is 5.92 Å². The van der Waals surface area contributed by atoms with Gasteiger partial charge in [0.15, 0.2) is 0 Å². The number of anilines is 1. The first-order valence-electron chi connectivity index (χ1n) is 6.45. The normalized spacial score (nSPS) is 14.9. The van der Waals surface area contributed by atoms with Gasteiger partial charge in [-0.2, -0.15) is 0 Å². The summed E-state index contributed by atoms with van der Waals surface area (Å²) in [6.07, 6.45) is 0.140. The number of hydrogen-bond donors (Lipinski definition) is 1. The fourth-order valence-electron chi connectivity index (χ4n) is 2.31. The van der Waals surface area contributed by atoms with Gasteiger partial charge < -0.3 is 10.0 Å². The van der Waals surface area contributed by atoms with E-state index in [1.54, 1.807) is 9.80 Å². The SMILES string of the molecule is CCN(C(=O)N1CC(CC(=O)O)C1)c1ccccc1. The van der Waals surface area contributed by atoms with E-state index in [1.807, 2.05) is 37.3 Å². The van der Waals surface area contributed by atoms with Gasteiger partial charge in [-0.25, -0.2) is 4.79 Å². The molecule has 1 heterocycles. The molecule has 102 valence electrons. The molecule has 1 aliphatic heterocycles. The summed E-state index contributed by atoms with van der Waals surface area (Å²) in [7, 11) is 0. The predicted octanol–water partition coefficient (Wildman–Crippen LogP) is 2.04. The van der Waals surface area contributed by atoms with Gasteiger partial charge in [0.2, 0.25) is 0 Å². The third-order valence-electron chi connectivity index (χ3n) is 3.31. The number of hydrogen-bond acceptors (Lipinski definition) is 2. The van der Waals surface area contributed by atoms with E-state index < -0.39 is 5.97 Å². The highest BCUT2D eigenvalue weighted by atomic mass is 16.4. The molecule has 2 amide bonds. The molecule has 1 N–H and O–H groups in total. The molecule has 5 heteroatoms. The van der Waals surface area contributed by atoms with Crippen LogP contribution in [-0.4, -0.2) is 41.6 Å². The van der Waals surface area contributed by atoms with Gasteiger partial charge in [0.25, 0.3) is 0 Å². The van der Waals surface area contributed by atoms with Crippen molar-refractivity contribution in [3.63, 3.8) is 0 Å². The highest BCUT2D eigenvalue weighted by Crippen LogP contribution is 2.23. The van der Waals surface area contributed by atoms with Gasteiger partial charge in [0.05, 0.1) is 6.42 Å². The van der Waals surface area contributed by atoms with Crippen molar-refractivity contribution in [2.75, 3.05) is 24.5 Å². The second-order valence-corrected chi connectivity index (χ2v) is 4.73. The number of benzene rings is 1. The summed E-state index contributed by atoms with van der Waals surface area (Å²) in [6, 6.07) is 9.46. The Hall–Kier alpha value is -2.04. The summed E-state index contributed by atoms with van der Waals surface area (Å²) in [4.78, 5) is 26.3. The molecule has 0 unspecified atom stereocenters. The highest BCUT2D eigenvalue weighted by Gasteiger charge is 2.34. The van der Waals surface area contributed by atoms with Crippen LogP contribution >= 0.6 is 0 Å². The molecule has 0 radical (unpaired) electrons. The fraction of sp³-hybridized carbons (Fsp3) is 0.429. The molecular weight excluding hydrogens is 244 g/mol. The van der Waals surface area contributed by atoms with Crippen molar-refractivity contribution in [2.45, 2.75) is 13.3 Å². The average molecular weight is 262 g/mol. The Labute approximate surface area is 112 Å². The van der Waals surface area contributed by atoms with E-state index in [4.69, 9.17) is 5.11 Å². The Balaban J connectivity index is 1.95. The number of carboxylic acids is 1. The fourth-order valence-corrected chi connectivity index (χ4v) is 2.31. The first-order chi connectivity index (χ1) is 9.11. The van der Waals surface area contributed by atoms with Crippen LogP contribution in [0.5, 0.6) is 0 Å². The zero-order valence-corrected chi connectivity index (χ0v) is 11.0. The number of nitrogens with zero attached hydrogens (tertiary/aromatic N) is 2. The Morgan fingerprint density at radius 3 is 2.47 bits per heavy atom. The maximum atomic E-state index is 12.3. The molecule has 5 nitrogen and oxygen atoms in total. The van der Waals surface area contributed by atoms with Crippen molar-refractivity contribution >= 4 is 17.7 Å². The van der Waals surface area contributed by atoms with Gasteiger partial charge in [-0.15, -0.1) is 0 Å². The van der Waals surface area contributed by atoms with Gasteiger partial charge in [-0.1, -0.05) is 18.2 Å². The van der Waals surface area contributed by atoms with E-state index >= 15 is 0 Å². The summed E-state index contributed by atoms with van der Waals surface area (Å²) in [5, 5.41) is 8.69. The van der Waals surface area contributed by atoms with E-state index in [2.05, 4.69) is 0 Å². The average Bonchev–Trinajstić information content (AvgIpc) is 2.35. The zero-order chi connectivity index (χ0) is 13.8. The summed E-state index contributed by atoms with van der Waals surface area (Å²) in [5.41, 5.74) is 0.872. The van der Waals surface area contributed by atoms with Crippen LogP contribution < -0.4 is 4.90 Å². The number of amides is 2. The van der Waals surface area contributed by atoms with E-state index in [0.717, 1.165) is 5.69 Å². The molecule has 0 bridgehead atoms. The maximum absolute atomic E-state index is 12.3. The molecule has 0 saturated carbocycles. The molecular formula is C14H18N2O3. The smallest absolute Gasteiger partial charge is 0.324 e. The number of carbonyl (C=O) groups is 2. The first kappa shape index (κ1) is 13.4. The van der Waals surface area contributed by atoms with Gasteiger partial charge in [-0.3, -0.25) is 9.69 Å². The Bertz CT molecular complexity index is 455. The predicted molar refractivity (Wildman–Crippen MR) is 72.2 cm³/mol. The van der Waals surface area contributed by atoms with Crippen LogP contribution in [0.3, 0.4) is 0 Å². The van der Waals surface area contributed by atoms with Crippen LogP contribution in [-0.2, 0) is 4.79 Å². The van der Waals surface area contributed by atoms with Gasteiger partial charge in [0.1, 0.15) is 0 Å². The lowest BCUT2D eigenvalue weighted by molar-refractivity contribution is -0.139. The topological polar surface area (TPSA) is 60.9 Å². The second kappa shape index (κ2) is 5.73. The third kappa shape index (κ3) is 3.05. The number of rotatable bonds is 4. The number of urea groups is 1. The summed E-state index contributed by atoms with van der Waals surface area (Å²) >= 11 is 0. The number of carbonyl (C=O) groups excluding carboxylic acids is 1. The second-order valence-electron chi connectivity index (χ2n) is 4.73. The lowest BCUT2D eigenvalue weighted by atomic mass is 9.97. The first-order valence-corrected chi connectivity index (χ1v) is 6.45. The molecule has 0 spiro atoms. The number of para-hydroxylation sites is 1. The molecule has 1 aromatic carbocycles. The molecule has 1 aliphatic rings. The van der Waals surface area contributed by atoms with E-state index in [9.17, 15) is 9.59 Å². The lowest BCUT2D eigenvalue weighted by Crippen LogP contribution is -2.55. The van der Waals surface area contributed by atoms with Crippen LogP contribution in [0.15, 0.2) is 30.3 Å².